The van der Waals surface area contributed by atoms with Gasteiger partial charge in [0.15, 0.2) is 0 Å². The standard InChI is InChI=1S/C25H30F3NO3/c1-16-5-7-19(8-6-16)32-22-10-9-20-18(3-2-4-21(20)23(22)25(26,27)28)15-29-13-11-17(12-14-29)24(30)31/h2-4,9-10,16-17,19H,5-8,11-15H2,1H3,(H,30,31). The van der Waals surface area contributed by atoms with Crippen molar-refractivity contribution in [3.05, 3.63) is 41.5 Å². The molecule has 0 amide bonds. The first-order valence-electron chi connectivity index (χ1n) is 11.5. The fourth-order valence-corrected chi connectivity index (χ4v) is 5.04. The van der Waals surface area contributed by atoms with E-state index < -0.39 is 17.7 Å². The van der Waals surface area contributed by atoms with Crippen molar-refractivity contribution >= 4 is 16.7 Å². The average Bonchev–Trinajstić information content (AvgIpc) is 2.75. The van der Waals surface area contributed by atoms with Gasteiger partial charge in [-0.1, -0.05) is 31.2 Å². The predicted molar refractivity (Wildman–Crippen MR) is 117 cm³/mol. The number of nitrogens with zero attached hydrogens (tertiary/aromatic N) is 1. The van der Waals surface area contributed by atoms with Gasteiger partial charge in [0, 0.05) is 6.54 Å². The van der Waals surface area contributed by atoms with Crippen LogP contribution in [0.2, 0.25) is 0 Å². The molecular weight excluding hydrogens is 419 g/mol. The van der Waals surface area contributed by atoms with Crippen molar-refractivity contribution in [2.75, 3.05) is 13.1 Å². The maximum Gasteiger partial charge on any atom is 0.420 e. The van der Waals surface area contributed by atoms with Crippen LogP contribution in [-0.2, 0) is 17.5 Å². The van der Waals surface area contributed by atoms with Crippen LogP contribution in [0.15, 0.2) is 30.3 Å². The summed E-state index contributed by atoms with van der Waals surface area (Å²) < 4.78 is 48.4. The van der Waals surface area contributed by atoms with Crippen LogP contribution in [0.25, 0.3) is 10.8 Å². The van der Waals surface area contributed by atoms with E-state index in [9.17, 15) is 23.1 Å². The zero-order chi connectivity index (χ0) is 22.9. The van der Waals surface area contributed by atoms with E-state index in [1.54, 1.807) is 12.1 Å². The van der Waals surface area contributed by atoms with Crippen molar-refractivity contribution < 1.29 is 27.8 Å². The molecule has 0 unspecified atom stereocenters. The van der Waals surface area contributed by atoms with Gasteiger partial charge in [0.05, 0.1) is 12.0 Å². The number of alkyl halides is 3. The van der Waals surface area contributed by atoms with Gasteiger partial charge in [0.25, 0.3) is 0 Å². The summed E-state index contributed by atoms with van der Waals surface area (Å²) in [7, 11) is 0. The van der Waals surface area contributed by atoms with Gasteiger partial charge in [0.2, 0.25) is 0 Å². The molecule has 32 heavy (non-hydrogen) atoms. The number of rotatable bonds is 5. The van der Waals surface area contributed by atoms with Crippen molar-refractivity contribution in [2.24, 2.45) is 11.8 Å². The van der Waals surface area contributed by atoms with E-state index in [-0.39, 0.29) is 23.2 Å². The maximum atomic E-state index is 14.2. The van der Waals surface area contributed by atoms with E-state index in [4.69, 9.17) is 4.74 Å². The summed E-state index contributed by atoms with van der Waals surface area (Å²) in [5.41, 5.74) is 0.125. The van der Waals surface area contributed by atoms with Crippen molar-refractivity contribution in [3.63, 3.8) is 0 Å². The second-order valence-electron chi connectivity index (χ2n) is 9.34. The number of halogens is 3. The Labute approximate surface area is 186 Å². The Morgan fingerprint density at radius 3 is 2.34 bits per heavy atom. The fraction of sp³-hybridized carbons (Fsp3) is 0.560. The molecule has 2 aliphatic rings. The summed E-state index contributed by atoms with van der Waals surface area (Å²) in [6.45, 7) is 3.92. The summed E-state index contributed by atoms with van der Waals surface area (Å²) in [5.74, 6) is -0.594. The highest BCUT2D eigenvalue weighted by Crippen LogP contribution is 2.43. The molecule has 1 N–H and O–H groups in total. The Morgan fingerprint density at radius 2 is 1.72 bits per heavy atom. The number of likely N-dealkylation sites (tertiary alicyclic amines) is 1. The van der Waals surface area contributed by atoms with Crippen LogP contribution in [0.4, 0.5) is 13.2 Å². The molecule has 174 valence electrons. The molecule has 2 fully saturated rings. The Morgan fingerprint density at radius 1 is 1.03 bits per heavy atom. The largest absolute Gasteiger partial charge is 0.490 e. The Bertz CT molecular complexity index is 959. The molecule has 1 aliphatic carbocycles. The lowest BCUT2D eigenvalue weighted by molar-refractivity contribution is -0.143. The zero-order valence-electron chi connectivity index (χ0n) is 18.3. The number of piperidine rings is 1. The lowest BCUT2D eigenvalue weighted by Gasteiger charge is -2.30. The van der Waals surface area contributed by atoms with Gasteiger partial charge in [-0.05, 0) is 79.9 Å². The van der Waals surface area contributed by atoms with E-state index in [2.05, 4.69) is 11.8 Å². The molecule has 2 aromatic carbocycles. The monoisotopic (exact) mass is 449 g/mol. The average molecular weight is 450 g/mol. The van der Waals surface area contributed by atoms with Crippen LogP contribution in [0, 0.1) is 11.8 Å². The number of benzene rings is 2. The number of hydrogen-bond donors (Lipinski definition) is 1. The summed E-state index contributed by atoms with van der Waals surface area (Å²) >= 11 is 0. The lowest BCUT2D eigenvalue weighted by Crippen LogP contribution is -2.35. The minimum atomic E-state index is -4.52. The van der Waals surface area contributed by atoms with Crippen LogP contribution in [0.1, 0.15) is 56.6 Å². The highest BCUT2D eigenvalue weighted by molar-refractivity contribution is 5.91. The molecular formula is C25H30F3NO3. The molecule has 1 aliphatic heterocycles. The number of fused-ring (bicyclic) bond motifs is 1. The van der Waals surface area contributed by atoms with Gasteiger partial charge in [-0.2, -0.15) is 13.2 Å². The van der Waals surface area contributed by atoms with E-state index >= 15 is 0 Å². The number of carboxylic acids is 1. The third-order valence-corrected chi connectivity index (χ3v) is 6.98. The smallest absolute Gasteiger partial charge is 0.420 e. The normalized spacial score (nSPS) is 23.4. The second-order valence-corrected chi connectivity index (χ2v) is 9.34. The second kappa shape index (κ2) is 9.30. The summed E-state index contributed by atoms with van der Waals surface area (Å²) in [4.78, 5) is 13.3. The molecule has 0 spiro atoms. The highest BCUT2D eigenvalue weighted by Gasteiger charge is 2.37. The first-order chi connectivity index (χ1) is 15.2. The van der Waals surface area contributed by atoms with Gasteiger partial charge >= 0.3 is 12.1 Å². The topological polar surface area (TPSA) is 49.8 Å². The van der Waals surface area contributed by atoms with Crippen LogP contribution in [0.5, 0.6) is 5.75 Å². The van der Waals surface area contributed by atoms with Gasteiger partial charge in [-0.25, -0.2) is 0 Å². The van der Waals surface area contributed by atoms with Crippen molar-refractivity contribution in [2.45, 2.75) is 64.3 Å². The molecule has 1 saturated carbocycles. The molecule has 1 saturated heterocycles. The molecule has 1 heterocycles. The molecule has 0 radical (unpaired) electrons. The van der Waals surface area contributed by atoms with Crippen LogP contribution in [-0.4, -0.2) is 35.2 Å². The van der Waals surface area contributed by atoms with Gasteiger partial charge in [-0.15, -0.1) is 0 Å². The van der Waals surface area contributed by atoms with Crippen LogP contribution >= 0.6 is 0 Å². The highest BCUT2D eigenvalue weighted by atomic mass is 19.4. The Balaban J connectivity index is 1.61. The molecule has 0 atom stereocenters. The van der Waals surface area contributed by atoms with Crippen LogP contribution in [0.3, 0.4) is 0 Å². The summed E-state index contributed by atoms with van der Waals surface area (Å²) in [6, 6.07) is 8.26. The molecule has 4 nitrogen and oxygen atoms in total. The number of aliphatic carboxylic acids is 1. The molecule has 2 aromatic rings. The van der Waals surface area contributed by atoms with Crippen molar-refractivity contribution in [1.29, 1.82) is 0 Å². The minimum Gasteiger partial charge on any atom is -0.490 e. The van der Waals surface area contributed by atoms with Gasteiger partial charge < -0.3 is 9.84 Å². The Hall–Kier alpha value is -2.28. The fourth-order valence-electron chi connectivity index (χ4n) is 5.04. The maximum absolute atomic E-state index is 14.2. The predicted octanol–water partition coefficient (Wildman–Crippen LogP) is 6.11. The molecule has 0 aromatic heterocycles. The van der Waals surface area contributed by atoms with E-state index in [1.807, 2.05) is 6.07 Å². The Kier molecular flexibility index (Phi) is 6.65. The summed E-state index contributed by atoms with van der Waals surface area (Å²) in [5, 5.41) is 9.92. The summed E-state index contributed by atoms with van der Waals surface area (Å²) in [6.07, 6.45) is -0.0629. The number of carboxylic acid groups (broad SMARTS) is 1. The van der Waals surface area contributed by atoms with Crippen LogP contribution < -0.4 is 4.74 Å². The van der Waals surface area contributed by atoms with Gasteiger partial charge in [0.1, 0.15) is 11.3 Å². The number of ether oxygens (including phenoxy) is 1. The lowest BCUT2D eigenvalue weighted by atomic mass is 9.89. The SMILES string of the molecule is CC1CCC(Oc2ccc3c(CN4CCC(C(=O)O)CC4)cccc3c2C(F)(F)F)CC1. The van der Waals surface area contributed by atoms with Crippen molar-refractivity contribution in [3.8, 4) is 5.75 Å². The van der Waals surface area contributed by atoms with E-state index in [0.717, 1.165) is 31.2 Å². The first-order valence-corrected chi connectivity index (χ1v) is 11.5. The molecule has 7 heteroatoms. The first kappa shape index (κ1) is 22.9. The third-order valence-electron chi connectivity index (χ3n) is 6.98. The molecule has 0 bridgehead atoms. The number of carbonyl (C=O) groups is 1. The quantitative estimate of drug-likeness (QED) is 0.598. The minimum absolute atomic E-state index is 0.0797. The van der Waals surface area contributed by atoms with Gasteiger partial charge in [-0.3, -0.25) is 9.69 Å². The number of hydrogen-bond acceptors (Lipinski definition) is 3. The van der Waals surface area contributed by atoms with E-state index in [0.29, 0.717) is 43.8 Å². The molecule has 4 rings (SSSR count). The van der Waals surface area contributed by atoms with E-state index in [1.165, 1.54) is 12.1 Å². The van der Waals surface area contributed by atoms with Crippen molar-refractivity contribution in [1.82, 2.24) is 4.90 Å². The third kappa shape index (κ3) is 5.03. The zero-order valence-corrected chi connectivity index (χ0v) is 18.3.